The first-order chi connectivity index (χ1) is 22.1. The maximum atomic E-state index is 14.4. The first-order valence-corrected chi connectivity index (χ1v) is 18.0. The topological polar surface area (TPSA) is 110 Å². The Labute approximate surface area is 277 Å². The molecule has 3 heterocycles. The second-order valence-electron chi connectivity index (χ2n) is 12.7. The Hall–Kier alpha value is -3.83. The standard InChI is InChI=1S/C30H34ClF6N7O3Si/c1-28(2,3)48(4,5)47-23(30(35,36)37)16-42-26(19-8-10-21(31)11-9-19)41-43(27(42)46)17-24-39-18-44(40-24)25-20(7-6-14-38-25)15-22(45)12-13-29(32,33)34/h6-11,14,18,23H,12-13,15-17H2,1-5H3/t23-/m0/s1. The average molecular weight is 718 g/mol. The number of hydrogen-bond acceptors (Lipinski definition) is 7. The second kappa shape index (κ2) is 14.0. The van der Waals surface area contributed by atoms with Crippen LogP contribution in [-0.2, 0) is 28.7 Å². The van der Waals surface area contributed by atoms with E-state index in [1.165, 1.54) is 53.6 Å². The third-order valence-corrected chi connectivity index (χ3v) is 12.7. The number of aromatic nitrogens is 7. The molecule has 0 saturated carbocycles. The quantitative estimate of drug-likeness (QED) is 0.117. The first-order valence-electron chi connectivity index (χ1n) is 14.8. The zero-order valence-electron chi connectivity index (χ0n) is 26.7. The number of pyridine rings is 1. The predicted molar refractivity (Wildman–Crippen MR) is 167 cm³/mol. The fraction of sp³-hybridized carbons (Fsp3) is 0.467. The number of rotatable bonds is 12. The molecule has 4 rings (SSSR count). The molecule has 0 spiro atoms. The molecule has 0 aliphatic heterocycles. The largest absolute Gasteiger partial charge is 0.415 e. The Kier molecular flexibility index (Phi) is 10.8. The third-order valence-electron chi connectivity index (χ3n) is 7.97. The van der Waals surface area contributed by atoms with Crippen LogP contribution in [-0.4, -0.2) is 66.7 Å². The highest BCUT2D eigenvalue weighted by molar-refractivity contribution is 6.74. The minimum Gasteiger partial charge on any atom is -0.404 e. The molecule has 1 atom stereocenters. The number of Topliss-reactive ketones (excluding diaryl/α,β-unsaturated/α-hetero) is 1. The van der Waals surface area contributed by atoms with Crippen LogP contribution in [0.5, 0.6) is 0 Å². The van der Waals surface area contributed by atoms with E-state index in [1.54, 1.807) is 13.1 Å². The molecule has 1 aromatic carbocycles. The van der Waals surface area contributed by atoms with Gasteiger partial charge in [-0.1, -0.05) is 38.4 Å². The molecule has 10 nitrogen and oxygen atoms in total. The van der Waals surface area contributed by atoms with Crippen LogP contribution in [0.1, 0.15) is 45.0 Å². The van der Waals surface area contributed by atoms with Gasteiger partial charge in [0, 0.05) is 35.2 Å². The van der Waals surface area contributed by atoms with Gasteiger partial charge in [-0.2, -0.15) is 26.3 Å². The second-order valence-corrected chi connectivity index (χ2v) is 17.9. The van der Waals surface area contributed by atoms with Gasteiger partial charge in [-0.3, -0.25) is 9.36 Å². The van der Waals surface area contributed by atoms with Crippen LogP contribution in [0.3, 0.4) is 0 Å². The monoisotopic (exact) mass is 717 g/mol. The molecule has 4 aromatic rings. The summed E-state index contributed by atoms with van der Waals surface area (Å²) in [7, 11) is -2.94. The zero-order chi connectivity index (χ0) is 35.7. The molecule has 0 amide bonds. The van der Waals surface area contributed by atoms with Crippen LogP contribution in [0.15, 0.2) is 53.7 Å². The lowest BCUT2D eigenvalue weighted by Gasteiger charge is -2.39. The lowest BCUT2D eigenvalue weighted by atomic mass is 10.1. The molecule has 0 radical (unpaired) electrons. The molecular formula is C30H34ClF6N7O3Si. The van der Waals surface area contributed by atoms with Gasteiger partial charge in [0.2, 0.25) is 0 Å². The van der Waals surface area contributed by atoms with Crippen molar-refractivity contribution in [2.24, 2.45) is 0 Å². The predicted octanol–water partition coefficient (Wildman–Crippen LogP) is 6.80. The normalized spacial score (nSPS) is 13.6. The summed E-state index contributed by atoms with van der Waals surface area (Å²) >= 11 is 6.02. The number of nitrogens with zero attached hydrogens (tertiary/aromatic N) is 7. The fourth-order valence-corrected chi connectivity index (χ4v) is 5.79. The van der Waals surface area contributed by atoms with E-state index in [1.807, 2.05) is 20.8 Å². The molecule has 0 aliphatic rings. The molecule has 48 heavy (non-hydrogen) atoms. The highest BCUT2D eigenvalue weighted by atomic mass is 35.5. The number of halogens is 7. The van der Waals surface area contributed by atoms with Crippen LogP contribution in [0.25, 0.3) is 17.2 Å². The van der Waals surface area contributed by atoms with E-state index in [4.69, 9.17) is 16.0 Å². The Morgan fingerprint density at radius 1 is 1.00 bits per heavy atom. The maximum absolute atomic E-state index is 14.4. The van der Waals surface area contributed by atoms with Gasteiger partial charge in [-0.25, -0.2) is 24.1 Å². The van der Waals surface area contributed by atoms with Crippen LogP contribution in [0, 0.1) is 0 Å². The number of benzene rings is 1. The van der Waals surface area contributed by atoms with E-state index in [2.05, 4.69) is 20.2 Å². The van der Waals surface area contributed by atoms with E-state index in [-0.39, 0.29) is 30.4 Å². The summed E-state index contributed by atoms with van der Waals surface area (Å²) in [5.41, 5.74) is -0.249. The van der Waals surface area contributed by atoms with Crippen molar-refractivity contribution in [1.82, 2.24) is 34.1 Å². The highest BCUT2D eigenvalue weighted by Crippen LogP contribution is 2.40. The summed E-state index contributed by atoms with van der Waals surface area (Å²) in [4.78, 5) is 34.3. The zero-order valence-corrected chi connectivity index (χ0v) is 28.5. The molecule has 0 fully saturated rings. The highest BCUT2D eigenvalue weighted by Gasteiger charge is 2.48. The van der Waals surface area contributed by atoms with Crippen molar-refractivity contribution in [3.8, 4) is 17.2 Å². The molecular weight excluding hydrogens is 684 g/mol. The number of ketones is 1. The Balaban J connectivity index is 1.67. The molecule has 0 N–H and O–H groups in total. The summed E-state index contributed by atoms with van der Waals surface area (Å²) < 4.78 is 89.8. The minimum absolute atomic E-state index is 0.0225. The van der Waals surface area contributed by atoms with Crippen molar-refractivity contribution in [1.29, 1.82) is 0 Å². The van der Waals surface area contributed by atoms with E-state index in [0.717, 1.165) is 9.25 Å². The molecule has 3 aromatic heterocycles. The van der Waals surface area contributed by atoms with Gasteiger partial charge in [0.15, 0.2) is 31.9 Å². The maximum Gasteiger partial charge on any atom is 0.415 e. The lowest BCUT2D eigenvalue weighted by Crippen LogP contribution is -2.50. The average Bonchev–Trinajstić information content (AvgIpc) is 3.55. The summed E-state index contributed by atoms with van der Waals surface area (Å²) in [5.74, 6) is -0.557. The first kappa shape index (κ1) is 37.0. The van der Waals surface area contributed by atoms with Crippen molar-refractivity contribution in [3.05, 3.63) is 75.8 Å². The summed E-state index contributed by atoms with van der Waals surface area (Å²) in [6, 6.07) is 9.10. The van der Waals surface area contributed by atoms with Gasteiger partial charge >= 0.3 is 18.0 Å². The number of carbonyl (C=O) groups is 1. The molecule has 260 valence electrons. The summed E-state index contributed by atoms with van der Waals surface area (Å²) in [6.07, 6.45) is -11.2. The van der Waals surface area contributed by atoms with Crippen molar-refractivity contribution in [2.45, 2.75) is 89.7 Å². The van der Waals surface area contributed by atoms with Crippen LogP contribution in [0.4, 0.5) is 26.3 Å². The van der Waals surface area contributed by atoms with Crippen LogP contribution >= 0.6 is 11.6 Å². The summed E-state index contributed by atoms with van der Waals surface area (Å²) in [6.45, 7) is 7.57. The van der Waals surface area contributed by atoms with Gasteiger partial charge in [0.1, 0.15) is 18.7 Å². The SMILES string of the molecule is CC(C)(C)[Si](C)(C)O[C@@H](Cn1c(-c2ccc(Cl)cc2)nn(Cc2ncn(-c3ncccc3CC(=O)CCC(F)(F)F)n2)c1=O)C(F)(F)F. The van der Waals surface area contributed by atoms with Crippen molar-refractivity contribution in [3.63, 3.8) is 0 Å². The number of carbonyl (C=O) groups excluding carboxylic acids is 1. The van der Waals surface area contributed by atoms with Gasteiger partial charge in [-0.05, 0) is 48.5 Å². The number of alkyl halides is 6. The van der Waals surface area contributed by atoms with E-state index in [9.17, 15) is 35.9 Å². The van der Waals surface area contributed by atoms with Crippen molar-refractivity contribution >= 4 is 25.7 Å². The molecule has 0 aliphatic carbocycles. The van der Waals surface area contributed by atoms with Crippen LogP contribution in [0.2, 0.25) is 23.2 Å². The van der Waals surface area contributed by atoms with E-state index < -0.39 is 62.7 Å². The minimum atomic E-state index is -4.80. The summed E-state index contributed by atoms with van der Waals surface area (Å²) in [5, 5.41) is 8.46. The molecule has 0 bridgehead atoms. The molecule has 0 saturated heterocycles. The van der Waals surface area contributed by atoms with Gasteiger partial charge < -0.3 is 4.43 Å². The molecule has 0 unspecified atom stereocenters. The number of hydrogen-bond donors (Lipinski definition) is 0. The molecule has 18 heteroatoms. The third kappa shape index (κ3) is 9.19. The van der Waals surface area contributed by atoms with E-state index >= 15 is 0 Å². The Morgan fingerprint density at radius 2 is 1.67 bits per heavy atom. The Bertz CT molecular complexity index is 1790. The lowest BCUT2D eigenvalue weighted by molar-refractivity contribution is -0.202. The Morgan fingerprint density at radius 3 is 2.27 bits per heavy atom. The van der Waals surface area contributed by atoms with Gasteiger partial charge in [0.25, 0.3) is 0 Å². The smallest absolute Gasteiger partial charge is 0.404 e. The van der Waals surface area contributed by atoms with Crippen molar-refractivity contribution in [2.75, 3.05) is 0 Å². The van der Waals surface area contributed by atoms with Crippen LogP contribution < -0.4 is 5.69 Å². The fourth-order valence-electron chi connectivity index (χ4n) is 4.39. The van der Waals surface area contributed by atoms with Gasteiger partial charge in [0.05, 0.1) is 13.0 Å². The van der Waals surface area contributed by atoms with E-state index in [0.29, 0.717) is 16.1 Å². The van der Waals surface area contributed by atoms with Crippen molar-refractivity contribution < 1.29 is 35.6 Å². The van der Waals surface area contributed by atoms with Gasteiger partial charge in [-0.15, -0.1) is 10.2 Å².